The molecule has 0 saturated carbocycles. The number of sulfonamides is 1. The maximum absolute atomic E-state index is 12.5. The summed E-state index contributed by atoms with van der Waals surface area (Å²) in [6, 6.07) is 4.96. The van der Waals surface area contributed by atoms with E-state index in [1.807, 2.05) is 0 Å². The van der Waals surface area contributed by atoms with Gasteiger partial charge in [-0.25, -0.2) is 13.1 Å². The molecule has 2 N–H and O–H groups in total. The molecule has 0 radical (unpaired) electrons. The third-order valence-corrected chi connectivity index (χ3v) is 6.44. The Morgan fingerprint density at radius 1 is 1.33 bits per heavy atom. The summed E-state index contributed by atoms with van der Waals surface area (Å²) in [5.74, 6) is 0.660. The lowest BCUT2D eigenvalue weighted by molar-refractivity contribution is -0.115. The number of carbonyl (C=O) groups is 1. The Morgan fingerprint density at radius 3 is 2.75 bits per heavy atom. The molecular formula is C17H25N3O3S. The highest BCUT2D eigenvalue weighted by Crippen LogP contribution is 2.25. The van der Waals surface area contributed by atoms with Crippen LogP contribution >= 0.6 is 0 Å². The van der Waals surface area contributed by atoms with E-state index in [1.165, 1.54) is 12.8 Å². The number of rotatable bonds is 5. The molecule has 0 bridgehead atoms. The van der Waals surface area contributed by atoms with E-state index in [0.717, 1.165) is 24.6 Å². The summed E-state index contributed by atoms with van der Waals surface area (Å²) in [5.41, 5.74) is 1.44. The summed E-state index contributed by atoms with van der Waals surface area (Å²) in [7, 11) is -3.56. The van der Waals surface area contributed by atoms with E-state index in [-0.39, 0.29) is 23.3 Å². The lowest BCUT2D eigenvalue weighted by Crippen LogP contribution is -2.45. The van der Waals surface area contributed by atoms with Gasteiger partial charge in [0.25, 0.3) is 0 Å². The van der Waals surface area contributed by atoms with Crippen LogP contribution in [0.25, 0.3) is 0 Å². The molecule has 2 aliphatic heterocycles. The smallest absolute Gasteiger partial charge is 0.240 e. The Labute approximate surface area is 143 Å². The van der Waals surface area contributed by atoms with E-state index in [0.29, 0.717) is 12.2 Å². The highest BCUT2D eigenvalue weighted by Gasteiger charge is 2.24. The van der Waals surface area contributed by atoms with Crippen molar-refractivity contribution in [2.45, 2.75) is 44.0 Å². The number of piperidine rings is 1. The number of anilines is 1. The number of nitrogens with zero attached hydrogens (tertiary/aromatic N) is 1. The summed E-state index contributed by atoms with van der Waals surface area (Å²) >= 11 is 0. The molecule has 0 aromatic heterocycles. The minimum Gasteiger partial charge on any atom is -0.326 e. The normalized spacial score (nSPS) is 20.7. The van der Waals surface area contributed by atoms with Gasteiger partial charge >= 0.3 is 0 Å². The van der Waals surface area contributed by atoms with Crippen LogP contribution in [0.15, 0.2) is 23.1 Å². The monoisotopic (exact) mass is 351 g/mol. The number of fused-ring (bicyclic) bond motifs is 1. The van der Waals surface area contributed by atoms with Crippen molar-refractivity contribution < 1.29 is 13.2 Å². The number of nitrogens with one attached hydrogen (secondary N) is 2. The van der Waals surface area contributed by atoms with Crippen molar-refractivity contribution >= 4 is 21.6 Å². The van der Waals surface area contributed by atoms with Gasteiger partial charge in [0.2, 0.25) is 15.9 Å². The first-order chi connectivity index (χ1) is 11.3. The fraction of sp³-hybridized carbons (Fsp3) is 0.588. The highest BCUT2D eigenvalue weighted by molar-refractivity contribution is 7.89. The van der Waals surface area contributed by atoms with Gasteiger partial charge in [-0.15, -0.1) is 0 Å². The zero-order valence-corrected chi connectivity index (χ0v) is 15.0. The molecule has 1 atom stereocenters. The number of likely N-dealkylation sites (tertiary alicyclic amines) is 1. The fourth-order valence-corrected chi connectivity index (χ4v) is 4.46. The van der Waals surface area contributed by atoms with Gasteiger partial charge in [-0.05, 0) is 62.5 Å². The highest BCUT2D eigenvalue weighted by atomic mass is 32.2. The van der Waals surface area contributed by atoms with E-state index in [1.54, 1.807) is 18.2 Å². The summed E-state index contributed by atoms with van der Waals surface area (Å²) in [6.45, 7) is 6.76. The topological polar surface area (TPSA) is 78.5 Å². The second-order valence-electron chi connectivity index (χ2n) is 6.96. The lowest BCUT2D eigenvalue weighted by Gasteiger charge is -2.34. The number of carbonyl (C=O) groups excluding carboxylic acids is 1. The molecule has 2 heterocycles. The Hall–Kier alpha value is -1.44. The fourth-order valence-electron chi connectivity index (χ4n) is 3.28. The molecule has 1 aromatic rings. The van der Waals surface area contributed by atoms with E-state index in [2.05, 4.69) is 28.8 Å². The van der Waals surface area contributed by atoms with Crippen LogP contribution in [-0.4, -0.2) is 44.9 Å². The summed E-state index contributed by atoms with van der Waals surface area (Å²) in [6.07, 6.45) is 2.58. The van der Waals surface area contributed by atoms with Crippen LogP contribution in [0.2, 0.25) is 0 Å². The van der Waals surface area contributed by atoms with Gasteiger partial charge in [0.15, 0.2) is 0 Å². The zero-order valence-electron chi connectivity index (χ0n) is 14.2. The van der Waals surface area contributed by atoms with E-state index in [9.17, 15) is 13.2 Å². The van der Waals surface area contributed by atoms with Gasteiger partial charge in [-0.3, -0.25) is 9.69 Å². The molecule has 2 aliphatic rings. The predicted octanol–water partition coefficient (Wildman–Crippen LogP) is 1.58. The Morgan fingerprint density at radius 2 is 2.04 bits per heavy atom. The summed E-state index contributed by atoms with van der Waals surface area (Å²) in [5, 5.41) is 2.71. The average Bonchev–Trinajstić information content (AvgIpc) is 2.92. The first kappa shape index (κ1) is 17.4. The molecular weight excluding hydrogens is 326 g/mol. The second kappa shape index (κ2) is 6.82. The summed E-state index contributed by atoms with van der Waals surface area (Å²) in [4.78, 5) is 14.0. The van der Waals surface area contributed by atoms with Gasteiger partial charge < -0.3 is 5.32 Å². The molecule has 6 nitrogen and oxygen atoms in total. The van der Waals surface area contributed by atoms with Crippen LogP contribution in [0.4, 0.5) is 5.69 Å². The number of benzene rings is 1. The molecule has 1 fully saturated rings. The van der Waals surface area contributed by atoms with E-state index < -0.39 is 10.0 Å². The van der Waals surface area contributed by atoms with E-state index in [4.69, 9.17) is 0 Å². The van der Waals surface area contributed by atoms with Crippen molar-refractivity contribution in [3.8, 4) is 0 Å². The Kier molecular flexibility index (Phi) is 4.94. The van der Waals surface area contributed by atoms with Gasteiger partial charge in [0.1, 0.15) is 0 Å². The molecule has 1 saturated heterocycles. The quantitative estimate of drug-likeness (QED) is 0.844. The number of amides is 1. The third-order valence-electron chi connectivity index (χ3n) is 5.02. The molecule has 3 rings (SSSR count). The van der Waals surface area contributed by atoms with Crippen molar-refractivity contribution in [1.29, 1.82) is 0 Å². The van der Waals surface area contributed by atoms with Gasteiger partial charge in [0, 0.05) is 18.3 Å². The first-order valence-corrected chi connectivity index (χ1v) is 10.00. The minimum atomic E-state index is -3.56. The average molecular weight is 351 g/mol. The molecule has 0 aliphatic carbocycles. The lowest BCUT2D eigenvalue weighted by atomic mass is 9.98. The number of hydrogen-bond donors (Lipinski definition) is 2. The molecule has 132 valence electrons. The van der Waals surface area contributed by atoms with Crippen LogP contribution in [0.1, 0.15) is 32.3 Å². The van der Waals surface area contributed by atoms with Crippen molar-refractivity contribution in [3.05, 3.63) is 23.8 Å². The van der Waals surface area contributed by atoms with Crippen LogP contribution in [0.3, 0.4) is 0 Å². The third kappa shape index (κ3) is 3.79. The molecule has 1 amide bonds. The van der Waals surface area contributed by atoms with Crippen LogP contribution in [0, 0.1) is 5.92 Å². The Bertz CT molecular complexity index is 725. The molecule has 1 unspecified atom stereocenters. The molecule has 24 heavy (non-hydrogen) atoms. The predicted molar refractivity (Wildman–Crippen MR) is 93.4 cm³/mol. The maximum atomic E-state index is 12.5. The number of hydrogen-bond acceptors (Lipinski definition) is 4. The van der Waals surface area contributed by atoms with Crippen molar-refractivity contribution in [3.63, 3.8) is 0 Å². The van der Waals surface area contributed by atoms with Crippen molar-refractivity contribution in [2.75, 3.05) is 25.0 Å². The SMILES string of the molecule is CC1CCN(C(C)CNS(=O)(=O)c2ccc3c(c2)CC(=O)N3)CC1. The van der Waals surface area contributed by atoms with Crippen LogP contribution in [0.5, 0.6) is 0 Å². The zero-order chi connectivity index (χ0) is 17.3. The summed E-state index contributed by atoms with van der Waals surface area (Å²) < 4.78 is 27.7. The first-order valence-electron chi connectivity index (χ1n) is 8.51. The van der Waals surface area contributed by atoms with Gasteiger partial charge in [0.05, 0.1) is 11.3 Å². The molecule has 0 spiro atoms. The molecule has 1 aromatic carbocycles. The van der Waals surface area contributed by atoms with Gasteiger partial charge in [-0.2, -0.15) is 0 Å². The largest absolute Gasteiger partial charge is 0.326 e. The van der Waals surface area contributed by atoms with Crippen molar-refractivity contribution in [1.82, 2.24) is 9.62 Å². The van der Waals surface area contributed by atoms with Crippen LogP contribution < -0.4 is 10.0 Å². The maximum Gasteiger partial charge on any atom is 0.240 e. The van der Waals surface area contributed by atoms with Crippen molar-refractivity contribution in [2.24, 2.45) is 5.92 Å². The second-order valence-corrected chi connectivity index (χ2v) is 8.73. The van der Waals surface area contributed by atoms with Gasteiger partial charge in [-0.1, -0.05) is 6.92 Å². The molecule has 7 heteroatoms. The van der Waals surface area contributed by atoms with E-state index >= 15 is 0 Å². The Balaban J connectivity index is 1.62. The van der Waals surface area contributed by atoms with Crippen LogP contribution in [-0.2, 0) is 21.2 Å². The minimum absolute atomic E-state index is 0.0968. The standard InChI is InChI=1S/C17H25N3O3S/c1-12-5-7-20(8-6-12)13(2)11-18-24(22,23)15-3-4-16-14(9-15)10-17(21)19-16/h3-4,9,12-13,18H,5-8,10-11H2,1-2H3,(H,19,21).